The molecule has 0 aromatic heterocycles. The third kappa shape index (κ3) is 7.28. The summed E-state index contributed by atoms with van der Waals surface area (Å²) in [4.78, 5) is 35.8. The van der Waals surface area contributed by atoms with Crippen molar-refractivity contribution in [2.24, 2.45) is 5.73 Å². The lowest BCUT2D eigenvalue weighted by molar-refractivity contribution is -0.153. The standard InChI is InChI=1S/C15H27N3O4/c1-12-7-4-6-10-18(12)13(19)11-22-14(20)8-3-2-5-9-17-15(16)21/h12H,2-11H2,1H3,(H3,16,17,21)/t12-/m0/s1. The first-order chi connectivity index (χ1) is 10.5. The van der Waals surface area contributed by atoms with Crippen LogP contribution in [0.25, 0.3) is 0 Å². The minimum atomic E-state index is -0.537. The summed E-state index contributed by atoms with van der Waals surface area (Å²) in [5, 5.41) is 2.49. The lowest BCUT2D eigenvalue weighted by Gasteiger charge is -2.33. The molecule has 22 heavy (non-hydrogen) atoms. The van der Waals surface area contributed by atoms with E-state index in [1.807, 2.05) is 6.92 Å². The minimum absolute atomic E-state index is 0.105. The number of nitrogens with zero attached hydrogens (tertiary/aromatic N) is 1. The molecule has 1 atom stereocenters. The van der Waals surface area contributed by atoms with E-state index in [4.69, 9.17) is 10.5 Å². The molecule has 1 aliphatic heterocycles. The molecule has 3 amide bonds. The third-order valence-electron chi connectivity index (χ3n) is 3.84. The van der Waals surface area contributed by atoms with Crippen molar-refractivity contribution in [3.63, 3.8) is 0 Å². The molecule has 126 valence electrons. The molecule has 1 heterocycles. The zero-order chi connectivity index (χ0) is 16.4. The minimum Gasteiger partial charge on any atom is -0.456 e. The first-order valence-corrected chi connectivity index (χ1v) is 7.99. The zero-order valence-electron chi connectivity index (χ0n) is 13.3. The van der Waals surface area contributed by atoms with E-state index in [9.17, 15) is 14.4 Å². The van der Waals surface area contributed by atoms with Crippen molar-refractivity contribution < 1.29 is 19.1 Å². The van der Waals surface area contributed by atoms with Crippen molar-refractivity contribution in [3.05, 3.63) is 0 Å². The topological polar surface area (TPSA) is 102 Å². The number of amides is 3. The number of nitrogens with two attached hydrogens (primary N) is 1. The highest BCUT2D eigenvalue weighted by atomic mass is 16.5. The molecule has 1 aliphatic rings. The second-order valence-corrected chi connectivity index (χ2v) is 5.69. The van der Waals surface area contributed by atoms with Crippen LogP contribution >= 0.6 is 0 Å². The van der Waals surface area contributed by atoms with Crippen molar-refractivity contribution in [3.8, 4) is 0 Å². The summed E-state index contributed by atoms with van der Waals surface area (Å²) in [5.41, 5.74) is 4.93. The fraction of sp³-hybridized carbons (Fsp3) is 0.800. The van der Waals surface area contributed by atoms with Crippen LogP contribution in [0.15, 0.2) is 0 Å². The van der Waals surface area contributed by atoms with E-state index in [0.29, 0.717) is 19.4 Å². The fourth-order valence-corrected chi connectivity index (χ4v) is 2.55. The Bertz CT molecular complexity index is 387. The van der Waals surface area contributed by atoms with E-state index >= 15 is 0 Å². The van der Waals surface area contributed by atoms with Crippen LogP contribution < -0.4 is 11.1 Å². The number of likely N-dealkylation sites (tertiary alicyclic amines) is 1. The summed E-state index contributed by atoms with van der Waals surface area (Å²) in [6.45, 7) is 3.13. The molecule has 0 bridgehead atoms. The van der Waals surface area contributed by atoms with E-state index in [0.717, 1.165) is 38.6 Å². The maximum absolute atomic E-state index is 12.0. The lowest BCUT2D eigenvalue weighted by atomic mass is 10.0. The largest absolute Gasteiger partial charge is 0.456 e. The summed E-state index contributed by atoms with van der Waals surface area (Å²) in [6.07, 6.45) is 5.71. The van der Waals surface area contributed by atoms with Gasteiger partial charge in [-0.2, -0.15) is 0 Å². The van der Waals surface area contributed by atoms with Crippen LogP contribution in [-0.4, -0.2) is 48.5 Å². The number of piperidine rings is 1. The smallest absolute Gasteiger partial charge is 0.312 e. The summed E-state index contributed by atoms with van der Waals surface area (Å²) in [6, 6.07) is -0.303. The molecule has 1 fully saturated rings. The molecule has 0 spiro atoms. The number of urea groups is 1. The van der Waals surface area contributed by atoms with E-state index in [1.54, 1.807) is 4.90 Å². The lowest BCUT2D eigenvalue weighted by Crippen LogP contribution is -2.44. The van der Waals surface area contributed by atoms with Gasteiger partial charge in [0.2, 0.25) is 0 Å². The number of carbonyl (C=O) groups excluding carboxylic acids is 3. The molecule has 0 aliphatic carbocycles. The van der Waals surface area contributed by atoms with E-state index < -0.39 is 6.03 Å². The maximum atomic E-state index is 12.0. The molecule has 0 radical (unpaired) electrons. The van der Waals surface area contributed by atoms with Crippen LogP contribution in [0.5, 0.6) is 0 Å². The molecule has 3 N–H and O–H groups in total. The Kier molecular flexibility index (Phi) is 8.32. The summed E-state index contributed by atoms with van der Waals surface area (Å²) >= 11 is 0. The quantitative estimate of drug-likeness (QED) is 0.518. The molecule has 0 saturated carbocycles. The average molecular weight is 313 g/mol. The van der Waals surface area contributed by atoms with Gasteiger partial charge in [0.1, 0.15) is 0 Å². The number of ether oxygens (including phenoxy) is 1. The Morgan fingerprint density at radius 1 is 1.23 bits per heavy atom. The van der Waals surface area contributed by atoms with Gasteiger partial charge < -0.3 is 20.7 Å². The molecule has 0 aromatic rings. The molecule has 7 nitrogen and oxygen atoms in total. The molecule has 1 rings (SSSR count). The number of carbonyl (C=O) groups is 3. The summed E-state index contributed by atoms with van der Waals surface area (Å²) in [7, 11) is 0. The van der Waals surface area contributed by atoms with E-state index in [1.165, 1.54) is 0 Å². The van der Waals surface area contributed by atoms with Gasteiger partial charge >= 0.3 is 12.0 Å². The number of unbranched alkanes of at least 4 members (excludes halogenated alkanes) is 2. The van der Waals surface area contributed by atoms with Crippen LogP contribution in [-0.2, 0) is 14.3 Å². The number of hydrogen-bond donors (Lipinski definition) is 2. The van der Waals surface area contributed by atoms with Crippen molar-refractivity contribution in [1.29, 1.82) is 0 Å². The fourth-order valence-electron chi connectivity index (χ4n) is 2.55. The van der Waals surface area contributed by atoms with Crippen LogP contribution in [0.3, 0.4) is 0 Å². The number of hydrogen-bond acceptors (Lipinski definition) is 4. The molecule has 0 unspecified atom stereocenters. The van der Waals surface area contributed by atoms with Gasteiger partial charge in [0.15, 0.2) is 6.61 Å². The Morgan fingerprint density at radius 2 is 2.00 bits per heavy atom. The van der Waals surface area contributed by atoms with E-state index in [-0.39, 0.29) is 24.5 Å². The Hall–Kier alpha value is -1.79. The van der Waals surface area contributed by atoms with E-state index in [2.05, 4.69) is 5.32 Å². The first-order valence-electron chi connectivity index (χ1n) is 7.99. The predicted molar refractivity (Wildman–Crippen MR) is 82.0 cm³/mol. The normalized spacial score (nSPS) is 17.9. The summed E-state index contributed by atoms with van der Waals surface area (Å²) in [5.74, 6) is -0.452. The van der Waals surface area contributed by atoms with Crippen LogP contribution in [0.2, 0.25) is 0 Å². The van der Waals surface area contributed by atoms with Gasteiger partial charge in [-0.15, -0.1) is 0 Å². The highest BCUT2D eigenvalue weighted by molar-refractivity contribution is 5.81. The van der Waals surface area contributed by atoms with Crippen molar-refractivity contribution in [1.82, 2.24) is 10.2 Å². The van der Waals surface area contributed by atoms with Crippen molar-refractivity contribution in [2.45, 2.75) is 57.9 Å². The second-order valence-electron chi connectivity index (χ2n) is 5.69. The highest BCUT2D eigenvalue weighted by Gasteiger charge is 2.23. The second kappa shape index (κ2) is 10.0. The molecule has 0 aromatic carbocycles. The SMILES string of the molecule is C[C@H]1CCCCN1C(=O)COC(=O)CCCCCNC(N)=O. The molecule has 7 heteroatoms. The summed E-state index contributed by atoms with van der Waals surface area (Å²) < 4.78 is 5.03. The first kappa shape index (κ1) is 18.3. The zero-order valence-corrected chi connectivity index (χ0v) is 13.3. The van der Waals surface area contributed by atoms with Gasteiger partial charge in [-0.25, -0.2) is 4.79 Å². The van der Waals surface area contributed by atoms with Crippen molar-refractivity contribution >= 4 is 17.9 Å². The number of rotatable bonds is 8. The van der Waals surface area contributed by atoms with Gasteiger partial charge in [-0.05, 0) is 39.0 Å². The predicted octanol–water partition coefficient (Wildman–Crippen LogP) is 1.16. The third-order valence-corrected chi connectivity index (χ3v) is 3.84. The molecule has 1 saturated heterocycles. The van der Waals surface area contributed by atoms with Crippen molar-refractivity contribution in [2.75, 3.05) is 19.7 Å². The van der Waals surface area contributed by atoms with Crippen LogP contribution in [0.1, 0.15) is 51.9 Å². The van der Waals surface area contributed by atoms with Gasteiger partial charge in [-0.1, -0.05) is 6.42 Å². The maximum Gasteiger partial charge on any atom is 0.312 e. The Morgan fingerprint density at radius 3 is 2.68 bits per heavy atom. The van der Waals surface area contributed by atoms with Gasteiger partial charge in [0, 0.05) is 25.6 Å². The Labute approximate surface area is 131 Å². The monoisotopic (exact) mass is 313 g/mol. The van der Waals surface area contributed by atoms with Crippen LogP contribution in [0, 0.1) is 0 Å². The van der Waals surface area contributed by atoms with Gasteiger partial charge in [0.25, 0.3) is 5.91 Å². The number of esters is 1. The number of primary amides is 1. The molecular weight excluding hydrogens is 286 g/mol. The average Bonchev–Trinajstić information content (AvgIpc) is 2.48. The van der Waals surface area contributed by atoms with Gasteiger partial charge in [-0.3, -0.25) is 9.59 Å². The van der Waals surface area contributed by atoms with Gasteiger partial charge in [0.05, 0.1) is 0 Å². The Balaban J connectivity index is 2.07. The van der Waals surface area contributed by atoms with Crippen LogP contribution in [0.4, 0.5) is 4.79 Å². The number of nitrogens with one attached hydrogen (secondary N) is 1. The highest BCUT2D eigenvalue weighted by Crippen LogP contribution is 2.16. The molecular formula is C15H27N3O4.